The van der Waals surface area contributed by atoms with E-state index in [2.05, 4.69) is 0 Å². The average Bonchev–Trinajstić information content (AvgIpc) is 2.81. The third-order valence-corrected chi connectivity index (χ3v) is 5.53. The zero-order valence-corrected chi connectivity index (χ0v) is 16.6. The summed E-state index contributed by atoms with van der Waals surface area (Å²) >= 11 is 0. The molecule has 5 nitrogen and oxygen atoms in total. The van der Waals surface area contributed by atoms with Crippen molar-refractivity contribution in [3.63, 3.8) is 0 Å². The van der Waals surface area contributed by atoms with Gasteiger partial charge in [-0.1, -0.05) is 72.8 Å². The van der Waals surface area contributed by atoms with Gasteiger partial charge in [0.15, 0.2) is 0 Å². The minimum absolute atomic E-state index is 0.0192. The predicted molar refractivity (Wildman–Crippen MR) is 115 cm³/mol. The van der Waals surface area contributed by atoms with Crippen molar-refractivity contribution >= 4 is 11.8 Å². The predicted octanol–water partition coefficient (Wildman–Crippen LogP) is 3.51. The van der Waals surface area contributed by atoms with E-state index in [1.54, 1.807) is 23.1 Å². The number of phenols is 1. The van der Waals surface area contributed by atoms with E-state index in [9.17, 15) is 14.7 Å². The molecular formula is C25H24N2O3. The molecule has 1 aliphatic heterocycles. The molecule has 1 heterocycles. The van der Waals surface area contributed by atoms with Gasteiger partial charge < -0.3 is 14.9 Å². The lowest BCUT2D eigenvalue weighted by Gasteiger charge is -2.36. The van der Waals surface area contributed by atoms with Crippen LogP contribution >= 0.6 is 0 Å². The van der Waals surface area contributed by atoms with Crippen LogP contribution in [-0.4, -0.2) is 52.9 Å². The zero-order valence-electron chi connectivity index (χ0n) is 16.6. The second-order valence-corrected chi connectivity index (χ2v) is 7.39. The molecule has 0 aromatic heterocycles. The van der Waals surface area contributed by atoms with Crippen molar-refractivity contribution in [3.05, 3.63) is 102 Å². The quantitative estimate of drug-likeness (QED) is 0.729. The summed E-state index contributed by atoms with van der Waals surface area (Å²) in [7, 11) is 0. The molecule has 5 heteroatoms. The van der Waals surface area contributed by atoms with E-state index in [1.807, 2.05) is 65.6 Å². The van der Waals surface area contributed by atoms with Crippen LogP contribution in [0.3, 0.4) is 0 Å². The maximum atomic E-state index is 13.5. The van der Waals surface area contributed by atoms with E-state index < -0.39 is 0 Å². The summed E-state index contributed by atoms with van der Waals surface area (Å²) in [6.07, 6.45) is 0. The molecule has 0 atom stereocenters. The van der Waals surface area contributed by atoms with Crippen LogP contribution < -0.4 is 0 Å². The Hall–Kier alpha value is -3.60. The second kappa shape index (κ2) is 8.82. The summed E-state index contributed by atoms with van der Waals surface area (Å²) in [5, 5.41) is 9.96. The summed E-state index contributed by atoms with van der Waals surface area (Å²) < 4.78 is 0. The molecule has 1 saturated heterocycles. The van der Waals surface area contributed by atoms with E-state index in [0.29, 0.717) is 31.7 Å². The molecule has 4 rings (SSSR count). The highest BCUT2D eigenvalue weighted by Gasteiger charge is 2.31. The fourth-order valence-corrected chi connectivity index (χ4v) is 3.91. The van der Waals surface area contributed by atoms with Gasteiger partial charge in [-0.25, -0.2) is 0 Å². The molecule has 2 amide bonds. The first-order valence-electron chi connectivity index (χ1n) is 10.1. The summed E-state index contributed by atoms with van der Waals surface area (Å²) in [5.74, 6) is -0.549. The normalized spacial score (nSPS) is 14.0. The highest BCUT2D eigenvalue weighted by molar-refractivity contribution is 5.97. The van der Waals surface area contributed by atoms with Crippen LogP contribution in [0.5, 0.6) is 5.75 Å². The van der Waals surface area contributed by atoms with E-state index >= 15 is 0 Å². The number of benzene rings is 3. The van der Waals surface area contributed by atoms with Gasteiger partial charge in [0, 0.05) is 26.2 Å². The topological polar surface area (TPSA) is 60.9 Å². The number of hydrogen-bond donors (Lipinski definition) is 1. The van der Waals surface area contributed by atoms with Gasteiger partial charge >= 0.3 is 0 Å². The Morgan fingerprint density at radius 3 is 1.67 bits per heavy atom. The summed E-state index contributed by atoms with van der Waals surface area (Å²) in [4.78, 5) is 29.7. The van der Waals surface area contributed by atoms with Gasteiger partial charge in [0.2, 0.25) is 5.91 Å². The van der Waals surface area contributed by atoms with Crippen molar-refractivity contribution in [1.82, 2.24) is 9.80 Å². The van der Waals surface area contributed by atoms with Gasteiger partial charge in [-0.2, -0.15) is 0 Å². The number of aromatic hydroxyl groups is 1. The minimum Gasteiger partial charge on any atom is -0.507 e. The Morgan fingerprint density at radius 2 is 1.13 bits per heavy atom. The number of carbonyl (C=O) groups excluding carboxylic acids is 2. The van der Waals surface area contributed by atoms with E-state index in [4.69, 9.17) is 0 Å². The van der Waals surface area contributed by atoms with Gasteiger partial charge in [-0.3, -0.25) is 9.59 Å². The van der Waals surface area contributed by atoms with E-state index in [1.165, 1.54) is 6.07 Å². The largest absolute Gasteiger partial charge is 0.507 e. The van der Waals surface area contributed by atoms with Crippen LogP contribution in [0.15, 0.2) is 84.9 Å². The van der Waals surface area contributed by atoms with E-state index in [-0.39, 0.29) is 23.5 Å². The van der Waals surface area contributed by atoms with Crippen molar-refractivity contribution in [2.45, 2.75) is 5.92 Å². The van der Waals surface area contributed by atoms with Crippen LogP contribution in [0.1, 0.15) is 27.4 Å². The smallest absolute Gasteiger partial charge is 0.257 e. The number of phenolic OH excluding ortho intramolecular Hbond substituents is 1. The highest BCUT2D eigenvalue weighted by Crippen LogP contribution is 2.27. The Morgan fingerprint density at radius 1 is 0.667 bits per heavy atom. The monoisotopic (exact) mass is 400 g/mol. The fourth-order valence-electron chi connectivity index (χ4n) is 3.91. The van der Waals surface area contributed by atoms with Gasteiger partial charge in [0.25, 0.3) is 5.91 Å². The molecule has 1 aliphatic rings. The minimum atomic E-state index is -0.368. The number of amides is 2. The molecular weight excluding hydrogens is 376 g/mol. The number of carbonyl (C=O) groups is 2. The third kappa shape index (κ3) is 4.06. The van der Waals surface area contributed by atoms with Gasteiger partial charge in [0.1, 0.15) is 5.75 Å². The molecule has 3 aromatic carbocycles. The number of hydrogen-bond acceptors (Lipinski definition) is 3. The second-order valence-electron chi connectivity index (χ2n) is 7.39. The van der Waals surface area contributed by atoms with Crippen LogP contribution in [0.2, 0.25) is 0 Å². The number of rotatable bonds is 4. The molecule has 152 valence electrons. The molecule has 30 heavy (non-hydrogen) atoms. The molecule has 0 unspecified atom stereocenters. The molecule has 0 aliphatic carbocycles. The molecule has 1 fully saturated rings. The van der Waals surface area contributed by atoms with Gasteiger partial charge in [-0.15, -0.1) is 0 Å². The lowest BCUT2D eigenvalue weighted by atomic mass is 9.90. The van der Waals surface area contributed by atoms with Crippen molar-refractivity contribution in [2.75, 3.05) is 26.2 Å². The first-order chi connectivity index (χ1) is 14.6. The number of piperazine rings is 1. The van der Waals surface area contributed by atoms with Crippen molar-refractivity contribution in [1.29, 1.82) is 0 Å². The fraction of sp³-hybridized carbons (Fsp3) is 0.200. The first-order valence-corrected chi connectivity index (χ1v) is 10.1. The Balaban J connectivity index is 1.50. The Labute approximate surface area is 176 Å². The number of nitrogens with zero attached hydrogens (tertiary/aromatic N) is 2. The Bertz CT molecular complexity index is 973. The molecule has 0 radical (unpaired) electrons. The third-order valence-electron chi connectivity index (χ3n) is 5.53. The molecule has 3 aromatic rings. The lowest BCUT2D eigenvalue weighted by Crippen LogP contribution is -2.51. The Kier molecular flexibility index (Phi) is 5.80. The van der Waals surface area contributed by atoms with Crippen LogP contribution in [0.4, 0.5) is 0 Å². The first kappa shape index (κ1) is 19.7. The average molecular weight is 400 g/mol. The molecule has 0 bridgehead atoms. The van der Waals surface area contributed by atoms with Crippen molar-refractivity contribution in [2.24, 2.45) is 0 Å². The molecule has 1 N–H and O–H groups in total. The van der Waals surface area contributed by atoms with E-state index in [0.717, 1.165) is 11.1 Å². The lowest BCUT2D eigenvalue weighted by molar-refractivity contribution is -0.133. The standard InChI is InChI=1S/C25H24N2O3/c28-22-14-8-7-13-21(22)24(29)26-15-17-27(18-16-26)25(30)23(19-9-3-1-4-10-19)20-11-5-2-6-12-20/h1-14,23,28H,15-18H2. The van der Waals surface area contributed by atoms with Crippen LogP contribution in [-0.2, 0) is 4.79 Å². The molecule has 0 saturated carbocycles. The van der Waals surface area contributed by atoms with Crippen LogP contribution in [0, 0.1) is 0 Å². The maximum Gasteiger partial charge on any atom is 0.257 e. The maximum absolute atomic E-state index is 13.5. The summed E-state index contributed by atoms with van der Waals surface area (Å²) in [6.45, 7) is 1.81. The number of para-hydroxylation sites is 1. The summed E-state index contributed by atoms with van der Waals surface area (Å²) in [6, 6.07) is 26.1. The van der Waals surface area contributed by atoms with Crippen molar-refractivity contribution in [3.8, 4) is 5.75 Å². The molecule has 0 spiro atoms. The van der Waals surface area contributed by atoms with Gasteiger partial charge in [0.05, 0.1) is 11.5 Å². The highest BCUT2D eigenvalue weighted by atomic mass is 16.3. The SMILES string of the molecule is O=C(c1ccccc1O)N1CCN(C(=O)C(c2ccccc2)c2ccccc2)CC1. The van der Waals surface area contributed by atoms with Gasteiger partial charge in [-0.05, 0) is 23.3 Å². The van der Waals surface area contributed by atoms with Crippen molar-refractivity contribution < 1.29 is 14.7 Å². The summed E-state index contributed by atoms with van der Waals surface area (Å²) in [5.41, 5.74) is 2.21. The van der Waals surface area contributed by atoms with Crippen LogP contribution in [0.25, 0.3) is 0 Å². The zero-order chi connectivity index (χ0) is 20.9.